The highest BCUT2D eigenvalue weighted by Gasteiger charge is 2.14. The molecule has 1 rings (SSSR count). The molecular formula is C11H15BrNS+. The van der Waals surface area contributed by atoms with Crippen LogP contribution >= 0.6 is 27.9 Å². The van der Waals surface area contributed by atoms with Gasteiger partial charge in [-0.25, -0.2) is 0 Å². The quantitative estimate of drug-likeness (QED) is 0.645. The van der Waals surface area contributed by atoms with Crippen LogP contribution in [0.4, 0.5) is 0 Å². The van der Waals surface area contributed by atoms with Gasteiger partial charge in [-0.15, -0.1) is 0 Å². The zero-order chi connectivity index (χ0) is 10.6. The SMILES string of the molecule is CC(C)(C)S/[NH+]=C/c1ccc(Br)cc1. The van der Waals surface area contributed by atoms with Crippen molar-refractivity contribution in [3.8, 4) is 0 Å². The smallest absolute Gasteiger partial charge is 0.178 e. The first kappa shape index (κ1) is 11.8. The highest BCUT2D eigenvalue weighted by molar-refractivity contribution is 9.10. The lowest BCUT2D eigenvalue weighted by atomic mass is 10.2. The van der Waals surface area contributed by atoms with Crippen molar-refractivity contribution in [2.45, 2.75) is 25.5 Å². The molecule has 14 heavy (non-hydrogen) atoms. The van der Waals surface area contributed by atoms with E-state index < -0.39 is 0 Å². The maximum atomic E-state index is 3.41. The standard InChI is InChI=1S/C11H14BrNS/c1-11(2,3)14-13-8-9-4-6-10(12)7-5-9/h4-8H,1-3H3/p+1/b13-8+. The van der Waals surface area contributed by atoms with Crippen molar-refractivity contribution in [3.05, 3.63) is 34.3 Å². The lowest BCUT2D eigenvalue weighted by Gasteiger charge is -2.06. The zero-order valence-corrected chi connectivity index (χ0v) is 11.1. The molecule has 1 nitrogen and oxygen atoms in total. The van der Waals surface area contributed by atoms with Crippen LogP contribution in [0, 0.1) is 0 Å². The summed E-state index contributed by atoms with van der Waals surface area (Å²) in [6.45, 7) is 6.54. The van der Waals surface area contributed by atoms with Gasteiger partial charge in [-0.2, -0.15) is 4.40 Å². The fourth-order valence-corrected chi connectivity index (χ4v) is 1.65. The summed E-state index contributed by atoms with van der Waals surface area (Å²) in [5.74, 6) is 0. The van der Waals surface area contributed by atoms with Crippen LogP contribution in [0.25, 0.3) is 0 Å². The van der Waals surface area contributed by atoms with E-state index in [0.29, 0.717) is 0 Å². The summed E-state index contributed by atoms with van der Waals surface area (Å²) in [5.41, 5.74) is 1.19. The molecule has 0 atom stereocenters. The van der Waals surface area contributed by atoms with Gasteiger partial charge in [0.25, 0.3) is 0 Å². The highest BCUT2D eigenvalue weighted by atomic mass is 79.9. The third-order valence-corrected chi connectivity index (χ3v) is 2.84. The number of halogens is 1. The Morgan fingerprint density at radius 3 is 2.29 bits per heavy atom. The molecule has 0 bridgehead atoms. The van der Waals surface area contributed by atoms with Crippen LogP contribution in [-0.2, 0) is 0 Å². The summed E-state index contributed by atoms with van der Waals surface area (Å²) in [4.78, 5) is 0. The Kier molecular flexibility index (Phi) is 4.20. The predicted octanol–water partition coefficient (Wildman–Crippen LogP) is 2.40. The third-order valence-electron chi connectivity index (χ3n) is 1.46. The second kappa shape index (κ2) is 4.99. The van der Waals surface area contributed by atoms with Crippen LogP contribution in [0.1, 0.15) is 26.3 Å². The molecule has 0 fully saturated rings. The van der Waals surface area contributed by atoms with Gasteiger partial charge in [-0.3, -0.25) is 0 Å². The average molecular weight is 273 g/mol. The van der Waals surface area contributed by atoms with Crippen molar-refractivity contribution in [1.29, 1.82) is 0 Å². The average Bonchev–Trinajstić information content (AvgIpc) is 2.06. The summed E-state index contributed by atoms with van der Waals surface area (Å²) < 4.78 is 4.59. The van der Waals surface area contributed by atoms with Crippen LogP contribution in [0.5, 0.6) is 0 Å². The molecule has 0 radical (unpaired) electrons. The van der Waals surface area contributed by atoms with E-state index in [4.69, 9.17) is 0 Å². The van der Waals surface area contributed by atoms with Crippen LogP contribution in [-0.4, -0.2) is 11.0 Å². The number of nitrogens with one attached hydrogen (secondary N) is 1. The fraction of sp³-hybridized carbons (Fsp3) is 0.364. The number of rotatable bonds is 2. The minimum atomic E-state index is 0.242. The van der Waals surface area contributed by atoms with Crippen molar-refractivity contribution >= 4 is 34.1 Å². The molecule has 3 heteroatoms. The lowest BCUT2D eigenvalue weighted by Crippen LogP contribution is -2.61. The summed E-state index contributed by atoms with van der Waals surface area (Å²) in [6.07, 6.45) is 2.02. The predicted molar refractivity (Wildman–Crippen MR) is 67.6 cm³/mol. The largest absolute Gasteiger partial charge is 0.182 e. The fourth-order valence-electron chi connectivity index (χ4n) is 0.833. The molecule has 76 valence electrons. The first-order valence-electron chi connectivity index (χ1n) is 4.50. The van der Waals surface area contributed by atoms with Gasteiger partial charge in [-0.05, 0) is 45.0 Å². The number of benzene rings is 1. The first-order chi connectivity index (χ1) is 6.47. The summed E-state index contributed by atoms with van der Waals surface area (Å²) in [6, 6.07) is 8.21. The van der Waals surface area contributed by atoms with Gasteiger partial charge < -0.3 is 0 Å². The number of hydrogen-bond acceptors (Lipinski definition) is 1. The summed E-state index contributed by atoms with van der Waals surface area (Å²) >= 11 is 5.12. The molecule has 0 spiro atoms. The third kappa shape index (κ3) is 4.82. The van der Waals surface area contributed by atoms with E-state index >= 15 is 0 Å². The molecule has 0 aliphatic heterocycles. The Labute approximate surface area is 98.3 Å². The van der Waals surface area contributed by atoms with Crippen molar-refractivity contribution in [2.24, 2.45) is 0 Å². The molecule has 0 aliphatic rings. The van der Waals surface area contributed by atoms with Crippen molar-refractivity contribution in [2.75, 3.05) is 0 Å². The molecule has 0 amide bonds. The normalized spacial score (nSPS) is 12.3. The first-order valence-corrected chi connectivity index (χ1v) is 6.11. The van der Waals surface area contributed by atoms with Crippen molar-refractivity contribution in [3.63, 3.8) is 0 Å². The van der Waals surface area contributed by atoms with E-state index in [9.17, 15) is 0 Å². The topological polar surface area (TPSA) is 14.0 Å². The summed E-state index contributed by atoms with van der Waals surface area (Å²) in [7, 11) is 0. The van der Waals surface area contributed by atoms with Gasteiger partial charge in [0.2, 0.25) is 0 Å². The van der Waals surface area contributed by atoms with Crippen LogP contribution in [0.3, 0.4) is 0 Å². The maximum Gasteiger partial charge on any atom is 0.182 e. The Morgan fingerprint density at radius 1 is 1.21 bits per heavy atom. The molecule has 0 unspecified atom stereocenters. The monoisotopic (exact) mass is 272 g/mol. The molecule has 0 heterocycles. The van der Waals surface area contributed by atoms with Gasteiger partial charge in [0.15, 0.2) is 18.2 Å². The van der Waals surface area contributed by atoms with E-state index in [2.05, 4.69) is 53.2 Å². The Bertz CT molecular complexity index is 311. The molecular weight excluding hydrogens is 258 g/mol. The zero-order valence-electron chi connectivity index (χ0n) is 8.67. The molecule has 1 N–H and O–H groups in total. The highest BCUT2D eigenvalue weighted by Crippen LogP contribution is 2.14. The lowest BCUT2D eigenvalue weighted by molar-refractivity contribution is -0.238. The Balaban J connectivity index is 2.57. The molecule has 1 aromatic rings. The van der Waals surface area contributed by atoms with Gasteiger partial charge in [0.1, 0.15) is 0 Å². The van der Waals surface area contributed by atoms with Gasteiger partial charge in [-0.1, -0.05) is 15.9 Å². The van der Waals surface area contributed by atoms with Crippen LogP contribution in [0.15, 0.2) is 28.7 Å². The van der Waals surface area contributed by atoms with Crippen LogP contribution in [0.2, 0.25) is 0 Å². The summed E-state index contributed by atoms with van der Waals surface area (Å²) in [5, 5.41) is 0. The Morgan fingerprint density at radius 2 is 1.79 bits per heavy atom. The van der Waals surface area contributed by atoms with E-state index in [1.54, 1.807) is 11.9 Å². The van der Waals surface area contributed by atoms with E-state index in [1.807, 2.05) is 18.3 Å². The number of hydrogen-bond donors (Lipinski definition) is 1. The van der Waals surface area contributed by atoms with E-state index in [-0.39, 0.29) is 4.75 Å². The second-order valence-electron chi connectivity index (χ2n) is 4.03. The molecule has 0 aliphatic carbocycles. The Hall–Kier alpha value is -0.280. The van der Waals surface area contributed by atoms with Gasteiger partial charge in [0, 0.05) is 10.0 Å². The molecule has 0 saturated heterocycles. The van der Waals surface area contributed by atoms with E-state index in [1.165, 1.54) is 5.56 Å². The van der Waals surface area contributed by atoms with Crippen LogP contribution < -0.4 is 4.40 Å². The minimum Gasteiger partial charge on any atom is -0.178 e. The van der Waals surface area contributed by atoms with Gasteiger partial charge in [0.05, 0.1) is 4.75 Å². The van der Waals surface area contributed by atoms with Crippen molar-refractivity contribution < 1.29 is 4.40 Å². The minimum absolute atomic E-state index is 0.242. The molecule has 0 aromatic heterocycles. The maximum absolute atomic E-state index is 3.41. The van der Waals surface area contributed by atoms with E-state index in [0.717, 1.165) is 4.47 Å². The molecule has 1 aromatic carbocycles. The van der Waals surface area contributed by atoms with Gasteiger partial charge >= 0.3 is 0 Å². The second-order valence-corrected chi connectivity index (χ2v) is 6.61. The van der Waals surface area contributed by atoms with Crippen molar-refractivity contribution in [1.82, 2.24) is 0 Å². The molecule has 0 saturated carbocycles.